The summed E-state index contributed by atoms with van der Waals surface area (Å²) in [6.45, 7) is 3.58. The van der Waals surface area contributed by atoms with E-state index in [1.807, 2.05) is 6.92 Å². The lowest BCUT2D eigenvalue weighted by atomic mass is 10.3. The molecule has 0 bridgehead atoms. The molecule has 0 aliphatic rings. The van der Waals surface area contributed by atoms with Crippen LogP contribution in [0.5, 0.6) is 0 Å². The number of nitrogen functional groups attached to an aromatic ring is 1. The van der Waals surface area contributed by atoms with Crippen LogP contribution in [0.4, 0.5) is 17.2 Å². The van der Waals surface area contributed by atoms with Crippen molar-refractivity contribution in [2.24, 2.45) is 0 Å². The number of nitro benzene ring substituents is 1. The van der Waals surface area contributed by atoms with Gasteiger partial charge in [-0.1, -0.05) is 37.7 Å². The van der Waals surface area contributed by atoms with E-state index >= 15 is 0 Å². The standard InChI is InChI=1S/C16H21N5O5S2/c1-3-9-20(13-14(17)18-16(19-15(13)22)27-10-4-2)28(25,26)12-8-6-5-7-11(12)21(23)24/h5-8H,3-4,9-10H2,1-2H3,(H3,17,18,19,22). The van der Waals surface area contributed by atoms with Gasteiger partial charge in [0.25, 0.3) is 21.3 Å². The van der Waals surface area contributed by atoms with Gasteiger partial charge in [-0.15, -0.1) is 0 Å². The van der Waals surface area contributed by atoms with E-state index in [2.05, 4.69) is 9.97 Å². The van der Waals surface area contributed by atoms with E-state index in [1.165, 1.54) is 23.9 Å². The number of nitro groups is 1. The van der Waals surface area contributed by atoms with Crippen LogP contribution >= 0.6 is 11.8 Å². The zero-order valence-electron chi connectivity index (χ0n) is 15.4. The summed E-state index contributed by atoms with van der Waals surface area (Å²) < 4.78 is 27.2. The fraction of sp³-hybridized carbons (Fsp3) is 0.375. The molecule has 0 atom stereocenters. The van der Waals surface area contributed by atoms with Gasteiger partial charge in [0.15, 0.2) is 21.6 Å². The number of aromatic amines is 1. The molecule has 10 nitrogen and oxygen atoms in total. The first-order valence-corrected chi connectivity index (χ1v) is 10.9. The van der Waals surface area contributed by atoms with Gasteiger partial charge in [0.05, 0.1) is 4.92 Å². The Morgan fingerprint density at radius 1 is 1.29 bits per heavy atom. The Kier molecular flexibility index (Phi) is 7.02. The third kappa shape index (κ3) is 4.44. The van der Waals surface area contributed by atoms with Crippen LogP contribution in [0.15, 0.2) is 39.1 Å². The summed E-state index contributed by atoms with van der Waals surface area (Å²) in [5, 5.41) is 11.6. The minimum atomic E-state index is -4.42. The molecule has 1 heterocycles. The summed E-state index contributed by atoms with van der Waals surface area (Å²) in [7, 11) is -4.42. The molecule has 1 aromatic heterocycles. The van der Waals surface area contributed by atoms with Gasteiger partial charge < -0.3 is 5.73 Å². The first-order chi connectivity index (χ1) is 13.2. The van der Waals surface area contributed by atoms with Crippen LogP contribution in [0.3, 0.4) is 0 Å². The molecule has 3 N–H and O–H groups in total. The molecular weight excluding hydrogens is 406 g/mol. The number of nitrogens with one attached hydrogen (secondary N) is 1. The normalized spacial score (nSPS) is 11.4. The van der Waals surface area contributed by atoms with Crippen LogP contribution in [0.25, 0.3) is 0 Å². The maximum absolute atomic E-state index is 13.2. The van der Waals surface area contributed by atoms with E-state index in [1.54, 1.807) is 6.92 Å². The summed E-state index contributed by atoms with van der Waals surface area (Å²) in [6, 6.07) is 4.96. The maximum atomic E-state index is 13.2. The summed E-state index contributed by atoms with van der Waals surface area (Å²) in [4.78, 5) is 29.2. The van der Waals surface area contributed by atoms with Crippen LogP contribution in [0, 0.1) is 10.1 Å². The van der Waals surface area contributed by atoms with Gasteiger partial charge in [-0.3, -0.25) is 24.2 Å². The molecular formula is C16H21N5O5S2. The molecule has 0 saturated carbocycles. The van der Waals surface area contributed by atoms with Crippen LogP contribution < -0.4 is 15.6 Å². The highest BCUT2D eigenvalue weighted by atomic mass is 32.2. The number of nitrogens with zero attached hydrogens (tertiary/aromatic N) is 3. The van der Waals surface area contributed by atoms with E-state index in [0.717, 1.165) is 22.9 Å². The molecule has 0 amide bonds. The second kappa shape index (κ2) is 9.06. The van der Waals surface area contributed by atoms with Gasteiger partial charge in [-0.05, 0) is 18.9 Å². The molecule has 2 aromatic rings. The van der Waals surface area contributed by atoms with E-state index in [0.29, 0.717) is 12.2 Å². The highest BCUT2D eigenvalue weighted by Crippen LogP contribution is 2.30. The number of hydrogen-bond acceptors (Lipinski definition) is 8. The average Bonchev–Trinajstić information content (AvgIpc) is 2.65. The topological polar surface area (TPSA) is 152 Å². The molecule has 0 radical (unpaired) electrons. The van der Waals surface area contributed by atoms with Gasteiger partial charge in [-0.2, -0.15) is 0 Å². The smallest absolute Gasteiger partial charge is 0.289 e. The zero-order valence-corrected chi connectivity index (χ0v) is 17.0. The number of thioether (sulfide) groups is 1. The van der Waals surface area contributed by atoms with E-state index in [4.69, 9.17) is 5.73 Å². The second-order valence-corrected chi connectivity index (χ2v) is 8.67. The molecule has 28 heavy (non-hydrogen) atoms. The predicted molar refractivity (Wildman–Crippen MR) is 108 cm³/mol. The Labute approximate surface area is 166 Å². The fourth-order valence-electron chi connectivity index (χ4n) is 2.47. The zero-order chi connectivity index (χ0) is 20.9. The molecule has 0 saturated heterocycles. The quantitative estimate of drug-likeness (QED) is 0.268. The molecule has 0 spiro atoms. The molecule has 0 fully saturated rings. The average molecular weight is 428 g/mol. The van der Waals surface area contributed by atoms with Gasteiger partial charge in [0.2, 0.25) is 0 Å². The highest BCUT2D eigenvalue weighted by Gasteiger charge is 2.34. The summed E-state index contributed by atoms with van der Waals surface area (Å²) in [5.74, 6) is 0.451. The number of anilines is 2. The fourth-order valence-corrected chi connectivity index (χ4v) is 4.93. The Morgan fingerprint density at radius 3 is 2.54 bits per heavy atom. The number of benzene rings is 1. The predicted octanol–water partition coefficient (Wildman–Crippen LogP) is 2.37. The summed E-state index contributed by atoms with van der Waals surface area (Å²) >= 11 is 1.29. The number of rotatable bonds is 9. The number of nitrogens with two attached hydrogens (primary N) is 1. The molecule has 152 valence electrons. The van der Waals surface area contributed by atoms with Crippen molar-refractivity contribution in [2.75, 3.05) is 22.3 Å². The van der Waals surface area contributed by atoms with Crippen molar-refractivity contribution in [3.05, 3.63) is 44.7 Å². The van der Waals surface area contributed by atoms with Crippen molar-refractivity contribution in [3.8, 4) is 0 Å². The highest BCUT2D eigenvalue weighted by molar-refractivity contribution is 7.99. The monoisotopic (exact) mass is 427 g/mol. The number of para-hydroxylation sites is 1. The lowest BCUT2D eigenvalue weighted by Gasteiger charge is -2.24. The first kappa shape index (κ1) is 21.7. The lowest BCUT2D eigenvalue weighted by Crippen LogP contribution is -2.37. The van der Waals surface area contributed by atoms with Gasteiger partial charge >= 0.3 is 0 Å². The molecule has 12 heteroatoms. The van der Waals surface area contributed by atoms with E-state index in [-0.39, 0.29) is 23.2 Å². The molecule has 0 aliphatic carbocycles. The van der Waals surface area contributed by atoms with Crippen molar-refractivity contribution >= 4 is 39.0 Å². The Balaban J connectivity index is 2.64. The molecule has 1 aromatic carbocycles. The lowest BCUT2D eigenvalue weighted by molar-refractivity contribution is -0.387. The Bertz CT molecular complexity index is 1020. The summed E-state index contributed by atoms with van der Waals surface area (Å²) in [5.41, 5.74) is 4.26. The number of hydrogen-bond donors (Lipinski definition) is 2. The molecule has 0 unspecified atom stereocenters. The van der Waals surface area contributed by atoms with Gasteiger partial charge in [0, 0.05) is 18.4 Å². The SMILES string of the molecule is CCCSc1nc(N)c(N(CCC)S(=O)(=O)c2ccccc2[N+](=O)[O-])c(=O)[nH]1. The van der Waals surface area contributed by atoms with Crippen molar-refractivity contribution < 1.29 is 13.3 Å². The van der Waals surface area contributed by atoms with Crippen LogP contribution in [-0.4, -0.2) is 35.6 Å². The van der Waals surface area contributed by atoms with Crippen molar-refractivity contribution in [3.63, 3.8) is 0 Å². The third-order valence-corrected chi connectivity index (χ3v) is 6.57. The van der Waals surface area contributed by atoms with Crippen LogP contribution in [-0.2, 0) is 10.0 Å². The van der Waals surface area contributed by atoms with E-state index in [9.17, 15) is 23.3 Å². The Hall–Kier alpha value is -2.60. The minimum Gasteiger partial charge on any atom is -0.382 e. The second-order valence-electron chi connectivity index (χ2n) is 5.76. The van der Waals surface area contributed by atoms with Crippen molar-refractivity contribution in [1.82, 2.24) is 9.97 Å². The largest absolute Gasteiger partial charge is 0.382 e. The van der Waals surface area contributed by atoms with Gasteiger partial charge in [-0.25, -0.2) is 13.4 Å². The molecule has 0 aliphatic heterocycles. The first-order valence-electron chi connectivity index (χ1n) is 8.52. The third-order valence-electron chi connectivity index (χ3n) is 3.65. The maximum Gasteiger partial charge on any atom is 0.289 e. The van der Waals surface area contributed by atoms with Crippen molar-refractivity contribution in [1.29, 1.82) is 0 Å². The van der Waals surface area contributed by atoms with Gasteiger partial charge in [0.1, 0.15) is 0 Å². The minimum absolute atomic E-state index is 0.0925. The number of aromatic nitrogens is 2. The summed E-state index contributed by atoms with van der Waals surface area (Å²) in [6.07, 6.45) is 1.20. The number of H-pyrrole nitrogens is 1. The molecule has 2 rings (SSSR count). The van der Waals surface area contributed by atoms with Crippen LogP contribution in [0.1, 0.15) is 26.7 Å². The van der Waals surface area contributed by atoms with Crippen LogP contribution in [0.2, 0.25) is 0 Å². The number of sulfonamides is 1. The van der Waals surface area contributed by atoms with E-state index < -0.39 is 31.1 Å². The van der Waals surface area contributed by atoms with Crippen molar-refractivity contribution in [2.45, 2.75) is 36.7 Å². The Morgan fingerprint density at radius 2 is 1.96 bits per heavy atom.